The zero-order chi connectivity index (χ0) is 14.5. The fraction of sp³-hybridized carbons (Fsp3) is 0.467. The number of hydrogen-bond acceptors (Lipinski definition) is 4. The standard InChI is InChI=1S/C15H20FN3S/c1-4-8-17-13(5-2)15-19-18-14(20-15)11-6-7-12(16)10(3)9-11/h6-7,9,13,17H,4-5,8H2,1-3H3. The highest BCUT2D eigenvalue weighted by atomic mass is 32.1. The third kappa shape index (κ3) is 3.41. The zero-order valence-corrected chi connectivity index (χ0v) is 12.9. The molecular formula is C15H20FN3S. The lowest BCUT2D eigenvalue weighted by molar-refractivity contribution is 0.513. The van der Waals surface area contributed by atoms with Gasteiger partial charge in [0.05, 0.1) is 6.04 Å². The number of nitrogens with zero attached hydrogens (tertiary/aromatic N) is 2. The normalized spacial score (nSPS) is 12.6. The third-order valence-electron chi connectivity index (χ3n) is 3.19. The Balaban J connectivity index is 2.20. The van der Waals surface area contributed by atoms with Crippen molar-refractivity contribution in [2.24, 2.45) is 0 Å². The van der Waals surface area contributed by atoms with Crippen LogP contribution >= 0.6 is 11.3 Å². The minimum atomic E-state index is -0.186. The maximum atomic E-state index is 13.3. The minimum Gasteiger partial charge on any atom is -0.308 e. The number of nitrogens with one attached hydrogen (secondary N) is 1. The van der Waals surface area contributed by atoms with Crippen molar-refractivity contribution >= 4 is 11.3 Å². The van der Waals surface area contributed by atoms with Gasteiger partial charge >= 0.3 is 0 Å². The summed E-state index contributed by atoms with van der Waals surface area (Å²) in [6.07, 6.45) is 2.08. The van der Waals surface area contributed by atoms with Crippen molar-refractivity contribution in [3.05, 3.63) is 34.6 Å². The van der Waals surface area contributed by atoms with Crippen LogP contribution < -0.4 is 5.32 Å². The smallest absolute Gasteiger partial charge is 0.147 e. The first-order valence-corrected chi connectivity index (χ1v) is 7.80. The Bertz CT molecular complexity index is 568. The molecule has 1 aromatic heterocycles. The quantitative estimate of drug-likeness (QED) is 0.871. The maximum absolute atomic E-state index is 13.3. The van der Waals surface area contributed by atoms with Crippen LogP contribution in [-0.2, 0) is 0 Å². The van der Waals surface area contributed by atoms with E-state index in [0.29, 0.717) is 5.56 Å². The Morgan fingerprint density at radius 3 is 2.75 bits per heavy atom. The average Bonchev–Trinajstić information content (AvgIpc) is 2.92. The Labute approximate surface area is 123 Å². The Morgan fingerprint density at radius 1 is 1.30 bits per heavy atom. The van der Waals surface area contributed by atoms with Crippen LogP contribution in [0.15, 0.2) is 18.2 Å². The van der Waals surface area contributed by atoms with Crippen LogP contribution in [0.4, 0.5) is 4.39 Å². The van der Waals surface area contributed by atoms with Crippen molar-refractivity contribution in [2.45, 2.75) is 39.7 Å². The van der Waals surface area contributed by atoms with Gasteiger partial charge in [-0.15, -0.1) is 10.2 Å². The molecular weight excluding hydrogens is 273 g/mol. The molecule has 0 saturated carbocycles. The monoisotopic (exact) mass is 293 g/mol. The number of hydrogen-bond donors (Lipinski definition) is 1. The molecule has 5 heteroatoms. The molecule has 0 radical (unpaired) electrons. The lowest BCUT2D eigenvalue weighted by Gasteiger charge is -2.12. The largest absolute Gasteiger partial charge is 0.308 e. The lowest BCUT2D eigenvalue weighted by Crippen LogP contribution is -2.21. The number of rotatable bonds is 6. The van der Waals surface area contributed by atoms with E-state index < -0.39 is 0 Å². The second-order valence-electron chi connectivity index (χ2n) is 4.82. The molecule has 0 amide bonds. The van der Waals surface area contributed by atoms with Crippen molar-refractivity contribution < 1.29 is 4.39 Å². The van der Waals surface area contributed by atoms with Crippen molar-refractivity contribution in [2.75, 3.05) is 6.54 Å². The van der Waals surface area contributed by atoms with E-state index in [9.17, 15) is 4.39 Å². The highest BCUT2D eigenvalue weighted by molar-refractivity contribution is 7.14. The topological polar surface area (TPSA) is 37.8 Å². The summed E-state index contributed by atoms with van der Waals surface area (Å²) >= 11 is 1.58. The van der Waals surface area contributed by atoms with Crippen LogP contribution in [0.1, 0.15) is 43.3 Å². The van der Waals surface area contributed by atoms with E-state index in [2.05, 4.69) is 29.4 Å². The van der Waals surface area contributed by atoms with Crippen LogP contribution in [0.5, 0.6) is 0 Å². The van der Waals surface area contributed by atoms with Crippen LogP contribution in [0.3, 0.4) is 0 Å². The molecule has 0 aliphatic heterocycles. The summed E-state index contributed by atoms with van der Waals surface area (Å²) in [5, 5.41) is 13.8. The lowest BCUT2D eigenvalue weighted by atomic mass is 10.1. The van der Waals surface area contributed by atoms with Gasteiger partial charge in [0.2, 0.25) is 0 Å². The minimum absolute atomic E-state index is 0.186. The highest BCUT2D eigenvalue weighted by Crippen LogP contribution is 2.29. The molecule has 20 heavy (non-hydrogen) atoms. The molecule has 1 atom stereocenters. The van der Waals surface area contributed by atoms with Gasteiger partial charge in [-0.25, -0.2) is 4.39 Å². The molecule has 1 unspecified atom stereocenters. The predicted octanol–water partition coefficient (Wildman–Crippen LogP) is 4.10. The Kier molecular flexibility index (Phi) is 5.20. The first kappa shape index (κ1) is 15.1. The summed E-state index contributed by atoms with van der Waals surface area (Å²) < 4.78 is 13.3. The van der Waals surface area contributed by atoms with Gasteiger partial charge in [0.1, 0.15) is 15.8 Å². The van der Waals surface area contributed by atoms with Crippen LogP contribution in [-0.4, -0.2) is 16.7 Å². The zero-order valence-electron chi connectivity index (χ0n) is 12.1. The fourth-order valence-corrected chi connectivity index (χ4v) is 2.99. The van der Waals surface area contributed by atoms with Gasteiger partial charge in [-0.3, -0.25) is 0 Å². The van der Waals surface area contributed by atoms with E-state index in [1.807, 2.05) is 6.07 Å². The molecule has 1 heterocycles. The molecule has 2 rings (SSSR count). The average molecular weight is 293 g/mol. The SMILES string of the molecule is CCCNC(CC)c1nnc(-c2ccc(F)c(C)c2)s1. The maximum Gasteiger partial charge on any atom is 0.147 e. The second kappa shape index (κ2) is 6.90. The van der Waals surface area contributed by atoms with E-state index in [1.54, 1.807) is 24.3 Å². The molecule has 0 bridgehead atoms. The van der Waals surface area contributed by atoms with E-state index in [-0.39, 0.29) is 11.9 Å². The van der Waals surface area contributed by atoms with Gasteiger partial charge in [0, 0.05) is 5.56 Å². The summed E-state index contributed by atoms with van der Waals surface area (Å²) in [5.74, 6) is -0.186. The highest BCUT2D eigenvalue weighted by Gasteiger charge is 2.15. The molecule has 0 fully saturated rings. The Hall–Kier alpha value is -1.33. The number of aromatic nitrogens is 2. The molecule has 1 aromatic carbocycles. The molecule has 1 N–H and O–H groups in total. The summed E-state index contributed by atoms with van der Waals surface area (Å²) in [6, 6.07) is 5.31. The summed E-state index contributed by atoms with van der Waals surface area (Å²) in [5.41, 5.74) is 1.56. The van der Waals surface area contributed by atoms with Crippen molar-refractivity contribution in [1.29, 1.82) is 0 Å². The van der Waals surface area contributed by atoms with Gasteiger partial charge in [-0.2, -0.15) is 0 Å². The summed E-state index contributed by atoms with van der Waals surface area (Å²) in [7, 11) is 0. The second-order valence-corrected chi connectivity index (χ2v) is 5.83. The van der Waals surface area contributed by atoms with E-state index >= 15 is 0 Å². The molecule has 0 saturated heterocycles. The predicted molar refractivity (Wildman–Crippen MR) is 81.4 cm³/mol. The third-order valence-corrected chi connectivity index (χ3v) is 4.28. The molecule has 2 aromatic rings. The number of aryl methyl sites for hydroxylation is 1. The number of halogens is 1. The molecule has 108 valence electrons. The van der Waals surface area contributed by atoms with Crippen molar-refractivity contribution in [3.63, 3.8) is 0 Å². The number of benzene rings is 1. The van der Waals surface area contributed by atoms with Gasteiger partial charge in [-0.05, 0) is 50.1 Å². The van der Waals surface area contributed by atoms with Crippen LogP contribution in [0, 0.1) is 12.7 Å². The Morgan fingerprint density at radius 2 is 2.10 bits per heavy atom. The van der Waals surface area contributed by atoms with Gasteiger partial charge in [-0.1, -0.05) is 25.2 Å². The van der Waals surface area contributed by atoms with Crippen LogP contribution in [0.25, 0.3) is 10.6 Å². The summed E-state index contributed by atoms with van der Waals surface area (Å²) in [6.45, 7) is 7.02. The van der Waals surface area contributed by atoms with Crippen LogP contribution in [0.2, 0.25) is 0 Å². The van der Waals surface area contributed by atoms with E-state index in [0.717, 1.165) is 35.0 Å². The summed E-state index contributed by atoms with van der Waals surface area (Å²) in [4.78, 5) is 0. The first-order valence-electron chi connectivity index (χ1n) is 6.99. The van der Waals surface area contributed by atoms with Gasteiger partial charge in [0.15, 0.2) is 0 Å². The van der Waals surface area contributed by atoms with Crippen molar-refractivity contribution in [1.82, 2.24) is 15.5 Å². The first-order chi connectivity index (χ1) is 9.65. The van der Waals surface area contributed by atoms with Gasteiger partial charge in [0.25, 0.3) is 0 Å². The van der Waals surface area contributed by atoms with Gasteiger partial charge < -0.3 is 5.32 Å². The van der Waals surface area contributed by atoms with E-state index in [1.165, 1.54) is 6.07 Å². The van der Waals surface area contributed by atoms with Crippen molar-refractivity contribution in [3.8, 4) is 10.6 Å². The molecule has 0 aliphatic carbocycles. The molecule has 0 aliphatic rings. The molecule has 3 nitrogen and oxygen atoms in total. The van der Waals surface area contributed by atoms with E-state index in [4.69, 9.17) is 0 Å². The fourth-order valence-electron chi connectivity index (χ4n) is 1.99. The molecule has 0 spiro atoms.